The number of nitrogens with zero attached hydrogens (tertiary/aromatic N) is 1. The molecule has 0 radical (unpaired) electrons. The van der Waals surface area contributed by atoms with E-state index in [-0.39, 0.29) is 6.42 Å². The number of ether oxygens (including phenoxy) is 1. The fourth-order valence-electron chi connectivity index (χ4n) is 4.76. The van der Waals surface area contributed by atoms with Crippen LogP contribution in [-0.4, -0.2) is 27.1 Å². The zero-order chi connectivity index (χ0) is 28.4. The molecule has 206 valence electrons. The van der Waals surface area contributed by atoms with Crippen LogP contribution in [0.3, 0.4) is 0 Å². The van der Waals surface area contributed by atoms with Gasteiger partial charge in [0.25, 0.3) is 0 Å². The molecule has 2 heterocycles. The summed E-state index contributed by atoms with van der Waals surface area (Å²) in [5.41, 5.74) is 5.02. The first kappa shape index (κ1) is 28.0. The van der Waals surface area contributed by atoms with E-state index in [1.807, 2.05) is 54.6 Å². The van der Waals surface area contributed by atoms with Gasteiger partial charge in [0.15, 0.2) is 5.75 Å². The minimum atomic E-state index is -3.67. The van der Waals surface area contributed by atoms with Crippen molar-refractivity contribution < 1.29 is 17.9 Å². The number of nitrogens with one attached hydrogen (secondary N) is 1. The highest BCUT2D eigenvalue weighted by atomic mass is 35.5. The standard InChI is InChI=1S/C31H29ClN2O4S2/c1-4-20(15-29-25(19-30(35)33-40(3,36)37)24-18-23(32)12-14-28(24)39-29)16-31-34(5-2)26-17-22(11-13-27(26)38-31)21-9-7-6-8-10-21/h6-18H,4-5,19H2,1-3H3,(H,33,35)/b20-15?,31-16-. The first-order valence-electron chi connectivity index (χ1n) is 12.9. The normalized spacial score (nSPS) is 14.4. The molecule has 1 amide bonds. The number of carbonyl (C=O) groups is 1. The van der Waals surface area contributed by atoms with Crippen molar-refractivity contribution in [1.82, 2.24) is 4.72 Å². The highest BCUT2D eigenvalue weighted by molar-refractivity contribution is 7.89. The van der Waals surface area contributed by atoms with E-state index < -0.39 is 15.9 Å². The number of sulfonamides is 1. The van der Waals surface area contributed by atoms with Crippen molar-refractivity contribution in [2.24, 2.45) is 0 Å². The molecule has 0 saturated carbocycles. The van der Waals surface area contributed by atoms with Gasteiger partial charge in [0.05, 0.1) is 18.4 Å². The molecule has 1 N–H and O–H groups in total. The summed E-state index contributed by atoms with van der Waals surface area (Å²) in [4.78, 5) is 15.6. The summed E-state index contributed by atoms with van der Waals surface area (Å²) in [5, 5.41) is 1.39. The fourth-order valence-corrected chi connectivity index (χ4v) is 6.60. The number of hydrogen-bond donors (Lipinski definition) is 1. The van der Waals surface area contributed by atoms with Crippen LogP contribution in [0.15, 0.2) is 84.3 Å². The van der Waals surface area contributed by atoms with Gasteiger partial charge < -0.3 is 9.64 Å². The third kappa shape index (κ3) is 6.09. The Balaban J connectivity index is 1.52. The number of thiophene rings is 1. The van der Waals surface area contributed by atoms with Crippen molar-refractivity contribution in [1.29, 1.82) is 0 Å². The number of benzene rings is 3. The number of allylic oxidation sites excluding steroid dienone is 2. The number of rotatable bonds is 8. The number of halogens is 1. The zero-order valence-electron chi connectivity index (χ0n) is 22.4. The maximum absolute atomic E-state index is 12.6. The van der Waals surface area contributed by atoms with Crippen LogP contribution in [0.1, 0.15) is 30.7 Å². The summed E-state index contributed by atoms with van der Waals surface area (Å²) in [7, 11) is -3.67. The predicted molar refractivity (Wildman–Crippen MR) is 165 cm³/mol. The molecule has 6 nitrogen and oxygen atoms in total. The number of amides is 1. The van der Waals surface area contributed by atoms with Crippen LogP contribution in [0.2, 0.25) is 5.02 Å². The van der Waals surface area contributed by atoms with Gasteiger partial charge in [0.1, 0.15) is 0 Å². The highest BCUT2D eigenvalue weighted by Crippen LogP contribution is 2.42. The SMILES string of the molecule is CCC(=Cc1sc2ccc(Cl)cc2c1CC(=O)NS(C)(=O)=O)/C=C1\Oc2ccc(-c3ccccc3)cc2N1CC. The topological polar surface area (TPSA) is 75.7 Å². The lowest BCUT2D eigenvalue weighted by molar-refractivity contribution is -0.118. The predicted octanol–water partition coefficient (Wildman–Crippen LogP) is 7.39. The summed E-state index contributed by atoms with van der Waals surface area (Å²) < 4.78 is 32.7. The summed E-state index contributed by atoms with van der Waals surface area (Å²) in [6, 6.07) is 22.0. The maximum atomic E-state index is 12.6. The molecule has 40 heavy (non-hydrogen) atoms. The molecule has 0 unspecified atom stereocenters. The Hall–Kier alpha value is -3.59. The molecular formula is C31H29ClN2O4S2. The molecule has 0 fully saturated rings. The molecule has 0 atom stereocenters. The van der Waals surface area contributed by atoms with E-state index >= 15 is 0 Å². The molecule has 0 saturated heterocycles. The van der Waals surface area contributed by atoms with Gasteiger partial charge in [-0.2, -0.15) is 0 Å². The van der Waals surface area contributed by atoms with Gasteiger partial charge in [-0.3, -0.25) is 9.52 Å². The lowest BCUT2D eigenvalue weighted by atomic mass is 10.0. The Bertz CT molecular complexity index is 1760. The molecule has 4 aromatic rings. The van der Waals surface area contributed by atoms with Crippen molar-refractivity contribution in [2.45, 2.75) is 26.7 Å². The number of anilines is 1. The third-order valence-corrected chi connectivity index (χ3v) is 8.60. The highest BCUT2D eigenvalue weighted by Gasteiger charge is 2.26. The zero-order valence-corrected chi connectivity index (χ0v) is 24.8. The van der Waals surface area contributed by atoms with E-state index in [0.29, 0.717) is 5.02 Å². The number of fused-ring (bicyclic) bond motifs is 2. The van der Waals surface area contributed by atoms with E-state index in [4.69, 9.17) is 16.3 Å². The van der Waals surface area contributed by atoms with Crippen LogP contribution in [0.4, 0.5) is 5.69 Å². The lowest BCUT2D eigenvalue weighted by Gasteiger charge is -2.16. The van der Waals surface area contributed by atoms with Crippen LogP contribution in [0.5, 0.6) is 5.75 Å². The van der Waals surface area contributed by atoms with Crippen LogP contribution in [-0.2, 0) is 21.2 Å². The second kappa shape index (κ2) is 11.5. The summed E-state index contributed by atoms with van der Waals surface area (Å²) in [6.45, 7) is 4.88. The molecular weight excluding hydrogens is 564 g/mol. The van der Waals surface area contributed by atoms with E-state index in [0.717, 1.165) is 73.8 Å². The van der Waals surface area contributed by atoms with E-state index in [2.05, 4.69) is 47.7 Å². The molecule has 1 aliphatic rings. The van der Waals surface area contributed by atoms with Gasteiger partial charge in [0.2, 0.25) is 21.8 Å². The van der Waals surface area contributed by atoms with Crippen LogP contribution in [0.25, 0.3) is 27.3 Å². The van der Waals surface area contributed by atoms with Crippen LogP contribution in [0, 0.1) is 0 Å². The Morgan fingerprint density at radius 2 is 1.82 bits per heavy atom. The third-order valence-electron chi connectivity index (χ3n) is 6.61. The molecule has 1 aliphatic heterocycles. The fraction of sp³-hybridized carbons (Fsp3) is 0.194. The van der Waals surface area contributed by atoms with Crippen LogP contribution >= 0.6 is 22.9 Å². The minimum absolute atomic E-state index is 0.0852. The van der Waals surface area contributed by atoms with Crippen molar-refractivity contribution >= 4 is 60.7 Å². The Morgan fingerprint density at radius 1 is 1.05 bits per heavy atom. The van der Waals surface area contributed by atoms with Crippen LogP contribution < -0.4 is 14.4 Å². The Kier molecular flexibility index (Phi) is 8.03. The van der Waals surface area contributed by atoms with Gasteiger partial charge in [-0.05, 0) is 77.4 Å². The molecule has 3 aromatic carbocycles. The van der Waals surface area contributed by atoms with E-state index in [1.54, 1.807) is 0 Å². The molecule has 0 aliphatic carbocycles. The van der Waals surface area contributed by atoms with Gasteiger partial charge in [0, 0.05) is 27.2 Å². The van der Waals surface area contributed by atoms with Gasteiger partial charge in [-0.25, -0.2) is 8.42 Å². The summed E-state index contributed by atoms with van der Waals surface area (Å²) >= 11 is 7.82. The smallest absolute Gasteiger partial charge is 0.237 e. The molecule has 5 rings (SSSR count). The first-order valence-corrected chi connectivity index (χ1v) is 16.0. The van der Waals surface area contributed by atoms with Crippen molar-refractivity contribution in [3.05, 3.63) is 99.7 Å². The van der Waals surface area contributed by atoms with Crippen molar-refractivity contribution in [3.63, 3.8) is 0 Å². The first-order chi connectivity index (χ1) is 19.1. The van der Waals surface area contributed by atoms with Gasteiger partial charge >= 0.3 is 0 Å². The van der Waals surface area contributed by atoms with Gasteiger partial charge in [-0.15, -0.1) is 11.3 Å². The average molecular weight is 593 g/mol. The second-order valence-electron chi connectivity index (χ2n) is 9.51. The second-order valence-corrected chi connectivity index (χ2v) is 12.8. The minimum Gasteiger partial charge on any atom is -0.439 e. The summed E-state index contributed by atoms with van der Waals surface area (Å²) in [6.07, 6.45) is 5.68. The molecule has 0 bridgehead atoms. The van der Waals surface area contributed by atoms with Gasteiger partial charge in [-0.1, -0.05) is 54.9 Å². The Morgan fingerprint density at radius 3 is 2.52 bits per heavy atom. The van der Waals surface area contributed by atoms with E-state index in [1.165, 1.54) is 11.3 Å². The number of carbonyl (C=O) groups excluding carboxylic acids is 1. The monoisotopic (exact) mass is 592 g/mol. The maximum Gasteiger partial charge on any atom is 0.237 e. The van der Waals surface area contributed by atoms with Crippen molar-refractivity contribution in [2.75, 3.05) is 17.7 Å². The van der Waals surface area contributed by atoms with Crippen molar-refractivity contribution in [3.8, 4) is 16.9 Å². The Labute approximate surface area is 243 Å². The molecule has 1 aromatic heterocycles. The average Bonchev–Trinajstić information content (AvgIpc) is 3.43. The quantitative estimate of drug-likeness (QED) is 0.231. The summed E-state index contributed by atoms with van der Waals surface area (Å²) in [5.74, 6) is 0.948. The molecule has 9 heteroatoms. The number of hydrogen-bond acceptors (Lipinski definition) is 6. The lowest BCUT2D eigenvalue weighted by Crippen LogP contribution is -2.30. The molecule has 0 spiro atoms. The van der Waals surface area contributed by atoms with E-state index in [9.17, 15) is 13.2 Å². The largest absolute Gasteiger partial charge is 0.439 e.